The second-order valence-electron chi connectivity index (χ2n) is 8.66. The standard InChI is InChI=1S/C30H23BrN2O6/c31-24-16-17-26-25(18-24)30(27(34)39-26,23-14-8-3-9-15-23)33(29(36)38-20-22-12-6-2-7-13-22)32-28(35)37-19-21-10-4-1-5-11-21/h1-18H,19-20H2,(H,32,35)/t30-/m1/s1. The van der Waals surface area contributed by atoms with Crippen LogP contribution in [0.5, 0.6) is 5.75 Å². The zero-order valence-corrected chi connectivity index (χ0v) is 22.2. The molecule has 2 amide bonds. The third-order valence-electron chi connectivity index (χ3n) is 6.16. The molecule has 0 aromatic heterocycles. The van der Waals surface area contributed by atoms with Gasteiger partial charge in [0.25, 0.3) is 0 Å². The number of nitrogens with one attached hydrogen (secondary N) is 1. The van der Waals surface area contributed by atoms with Gasteiger partial charge in [0.15, 0.2) is 0 Å². The number of amides is 2. The lowest BCUT2D eigenvalue weighted by Gasteiger charge is -2.37. The van der Waals surface area contributed by atoms with Crippen molar-refractivity contribution in [3.63, 3.8) is 0 Å². The highest BCUT2D eigenvalue weighted by Crippen LogP contribution is 2.47. The van der Waals surface area contributed by atoms with Crippen LogP contribution in [0.3, 0.4) is 0 Å². The molecule has 1 heterocycles. The molecule has 4 aromatic rings. The first-order valence-corrected chi connectivity index (χ1v) is 12.8. The molecule has 1 atom stereocenters. The van der Waals surface area contributed by atoms with Gasteiger partial charge in [-0.15, -0.1) is 0 Å². The van der Waals surface area contributed by atoms with Crippen molar-refractivity contribution in [2.45, 2.75) is 18.8 Å². The van der Waals surface area contributed by atoms with Crippen molar-refractivity contribution in [2.75, 3.05) is 0 Å². The third kappa shape index (κ3) is 5.35. The zero-order chi connectivity index (χ0) is 27.2. The number of esters is 1. The molecule has 8 nitrogen and oxygen atoms in total. The van der Waals surface area contributed by atoms with Crippen LogP contribution in [-0.2, 0) is 33.0 Å². The maximum absolute atomic E-state index is 13.8. The first-order valence-electron chi connectivity index (χ1n) is 12.0. The molecule has 0 unspecified atom stereocenters. The highest BCUT2D eigenvalue weighted by Gasteiger charge is 2.58. The Bertz CT molecular complexity index is 1480. The Morgan fingerprint density at radius 2 is 1.36 bits per heavy atom. The van der Waals surface area contributed by atoms with Gasteiger partial charge in [0.2, 0.25) is 5.54 Å². The van der Waals surface area contributed by atoms with E-state index in [1.807, 2.05) is 36.4 Å². The van der Waals surface area contributed by atoms with Gasteiger partial charge in [-0.25, -0.2) is 19.8 Å². The number of rotatable bonds is 6. The Kier molecular flexibility index (Phi) is 7.60. The summed E-state index contributed by atoms with van der Waals surface area (Å²) in [5, 5.41) is 0.846. The number of halogens is 1. The van der Waals surface area contributed by atoms with Crippen LogP contribution in [-0.4, -0.2) is 23.2 Å². The van der Waals surface area contributed by atoms with E-state index in [1.54, 1.807) is 72.8 Å². The number of hydrogen-bond acceptors (Lipinski definition) is 6. The van der Waals surface area contributed by atoms with Gasteiger partial charge in [-0.05, 0) is 34.9 Å². The number of carbonyl (C=O) groups excluding carboxylic acids is 3. The molecule has 196 valence electrons. The van der Waals surface area contributed by atoms with Gasteiger partial charge in [0.05, 0.1) is 0 Å². The summed E-state index contributed by atoms with van der Waals surface area (Å²) in [5.41, 5.74) is 2.77. The molecule has 39 heavy (non-hydrogen) atoms. The number of benzene rings is 4. The fourth-order valence-corrected chi connectivity index (χ4v) is 4.71. The number of carbonyl (C=O) groups is 3. The monoisotopic (exact) mass is 586 g/mol. The van der Waals surface area contributed by atoms with E-state index >= 15 is 0 Å². The lowest BCUT2D eigenvalue weighted by Crippen LogP contribution is -2.61. The lowest BCUT2D eigenvalue weighted by molar-refractivity contribution is -0.143. The van der Waals surface area contributed by atoms with Crippen LogP contribution in [0.1, 0.15) is 22.3 Å². The molecule has 1 aliphatic heterocycles. The van der Waals surface area contributed by atoms with Crippen molar-refractivity contribution in [2.24, 2.45) is 0 Å². The van der Waals surface area contributed by atoms with Gasteiger partial charge in [-0.2, -0.15) is 5.01 Å². The first-order chi connectivity index (χ1) is 19.0. The summed E-state index contributed by atoms with van der Waals surface area (Å²) in [6.07, 6.45) is -1.94. The number of fused-ring (bicyclic) bond motifs is 1. The molecular formula is C30H23BrN2O6. The van der Waals surface area contributed by atoms with Crippen LogP contribution in [0.4, 0.5) is 9.59 Å². The molecule has 0 spiro atoms. The van der Waals surface area contributed by atoms with Crippen LogP contribution < -0.4 is 10.2 Å². The van der Waals surface area contributed by atoms with Gasteiger partial charge in [-0.3, -0.25) is 0 Å². The molecule has 0 saturated carbocycles. The Balaban J connectivity index is 1.55. The minimum absolute atomic E-state index is 0.0511. The van der Waals surface area contributed by atoms with Crippen LogP contribution in [0.2, 0.25) is 0 Å². The first kappa shape index (κ1) is 26.0. The Labute approximate surface area is 233 Å². The molecule has 0 aliphatic carbocycles. The van der Waals surface area contributed by atoms with E-state index < -0.39 is 23.7 Å². The lowest BCUT2D eigenvalue weighted by atomic mass is 9.83. The fourth-order valence-electron chi connectivity index (χ4n) is 4.35. The van der Waals surface area contributed by atoms with Crippen molar-refractivity contribution in [3.05, 3.63) is 136 Å². The molecule has 0 saturated heterocycles. The van der Waals surface area contributed by atoms with E-state index in [1.165, 1.54) is 0 Å². The van der Waals surface area contributed by atoms with Crippen molar-refractivity contribution in [1.82, 2.24) is 10.4 Å². The topological polar surface area (TPSA) is 94.2 Å². The summed E-state index contributed by atoms with van der Waals surface area (Å²) in [6, 6.07) is 31.7. The predicted octanol–water partition coefficient (Wildman–Crippen LogP) is 6.09. The largest absolute Gasteiger partial charge is 0.443 e. The molecular weight excluding hydrogens is 564 g/mol. The number of ether oxygens (including phenoxy) is 3. The molecule has 9 heteroatoms. The van der Waals surface area contributed by atoms with E-state index in [2.05, 4.69) is 21.4 Å². The van der Waals surface area contributed by atoms with E-state index in [0.29, 0.717) is 15.6 Å². The van der Waals surface area contributed by atoms with Crippen molar-refractivity contribution < 1.29 is 28.6 Å². The van der Waals surface area contributed by atoms with Gasteiger partial charge in [-0.1, -0.05) is 107 Å². The summed E-state index contributed by atoms with van der Waals surface area (Å²) in [6.45, 7) is -0.146. The molecule has 1 N–H and O–H groups in total. The molecule has 0 fully saturated rings. The second kappa shape index (κ2) is 11.4. The summed E-state index contributed by atoms with van der Waals surface area (Å²) in [4.78, 5) is 40.6. The van der Waals surface area contributed by atoms with E-state index in [0.717, 1.165) is 16.1 Å². The quantitative estimate of drug-likeness (QED) is 0.167. The van der Waals surface area contributed by atoms with Gasteiger partial charge in [0, 0.05) is 10.0 Å². The number of nitrogens with zero attached hydrogens (tertiary/aromatic N) is 1. The number of hydrazine groups is 1. The highest BCUT2D eigenvalue weighted by molar-refractivity contribution is 9.10. The Morgan fingerprint density at radius 3 is 1.97 bits per heavy atom. The summed E-state index contributed by atoms with van der Waals surface area (Å²) in [5.74, 6) is -0.547. The number of hydrogen-bond donors (Lipinski definition) is 1. The SMILES string of the molecule is O=C(NN(C(=O)OCc1ccccc1)[C@@]1(c2ccccc2)C(=O)Oc2ccc(Br)cc21)OCc1ccccc1. The molecule has 5 rings (SSSR count). The van der Waals surface area contributed by atoms with E-state index in [4.69, 9.17) is 14.2 Å². The molecule has 1 aliphatic rings. The highest BCUT2D eigenvalue weighted by atomic mass is 79.9. The van der Waals surface area contributed by atoms with Crippen LogP contribution in [0, 0.1) is 0 Å². The average molecular weight is 587 g/mol. The molecule has 4 aromatic carbocycles. The van der Waals surface area contributed by atoms with Crippen LogP contribution >= 0.6 is 15.9 Å². The van der Waals surface area contributed by atoms with Crippen LogP contribution in [0.15, 0.2) is 114 Å². The zero-order valence-electron chi connectivity index (χ0n) is 20.6. The average Bonchev–Trinajstić information content (AvgIpc) is 3.26. The Hall–Kier alpha value is -4.63. The van der Waals surface area contributed by atoms with E-state index in [-0.39, 0.29) is 19.0 Å². The van der Waals surface area contributed by atoms with Crippen molar-refractivity contribution in [3.8, 4) is 5.75 Å². The summed E-state index contributed by atoms with van der Waals surface area (Å²) < 4.78 is 17.3. The summed E-state index contributed by atoms with van der Waals surface area (Å²) >= 11 is 3.44. The van der Waals surface area contributed by atoms with Crippen molar-refractivity contribution in [1.29, 1.82) is 0 Å². The van der Waals surface area contributed by atoms with Gasteiger partial charge >= 0.3 is 18.2 Å². The van der Waals surface area contributed by atoms with Gasteiger partial charge in [0.1, 0.15) is 19.0 Å². The van der Waals surface area contributed by atoms with E-state index in [9.17, 15) is 14.4 Å². The predicted molar refractivity (Wildman–Crippen MR) is 145 cm³/mol. The van der Waals surface area contributed by atoms with Crippen LogP contribution in [0.25, 0.3) is 0 Å². The Morgan fingerprint density at radius 1 is 0.795 bits per heavy atom. The van der Waals surface area contributed by atoms with Crippen molar-refractivity contribution >= 4 is 34.1 Å². The molecule has 0 bridgehead atoms. The maximum atomic E-state index is 13.8. The molecule has 0 radical (unpaired) electrons. The third-order valence-corrected chi connectivity index (χ3v) is 6.65. The normalized spacial score (nSPS) is 15.6. The minimum Gasteiger partial charge on any atom is -0.443 e. The maximum Gasteiger partial charge on any atom is 0.430 e. The second-order valence-corrected chi connectivity index (χ2v) is 9.57. The van der Waals surface area contributed by atoms with Gasteiger partial charge < -0.3 is 14.2 Å². The fraction of sp³-hybridized carbons (Fsp3) is 0.100. The summed E-state index contributed by atoms with van der Waals surface area (Å²) in [7, 11) is 0. The smallest absolute Gasteiger partial charge is 0.430 e. The minimum atomic E-state index is -1.90.